The predicted octanol–water partition coefficient (Wildman–Crippen LogP) is 1.77. The lowest BCUT2D eigenvalue weighted by Crippen LogP contribution is -2.27. The summed E-state index contributed by atoms with van der Waals surface area (Å²) in [5.74, 6) is 0.991. The molecule has 1 nitrogen and oxygen atoms in total. The second kappa shape index (κ2) is 4.29. The third-order valence-corrected chi connectivity index (χ3v) is 2.43. The van der Waals surface area contributed by atoms with Crippen molar-refractivity contribution in [3.8, 4) is 0 Å². The maximum atomic E-state index is 3.46. The number of rotatable bonds is 2. The third kappa shape index (κ3) is 2.67. The van der Waals surface area contributed by atoms with Crippen molar-refractivity contribution in [2.75, 3.05) is 18.4 Å². The predicted molar refractivity (Wildman–Crippen MR) is 44.0 cm³/mol. The van der Waals surface area contributed by atoms with E-state index in [-0.39, 0.29) is 0 Å². The van der Waals surface area contributed by atoms with E-state index < -0.39 is 0 Å². The van der Waals surface area contributed by atoms with Crippen LogP contribution in [0.3, 0.4) is 0 Å². The Hall–Kier alpha value is 0.440. The minimum Gasteiger partial charge on any atom is -0.317 e. The van der Waals surface area contributed by atoms with Crippen LogP contribution >= 0.6 is 15.9 Å². The normalized spacial score (nSPS) is 22.3. The average molecular weight is 192 g/mol. The van der Waals surface area contributed by atoms with E-state index in [4.69, 9.17) is 0 Å². The summed E-state index contributed by atoms with van der Waals surface area (Å²) in [6.07, 6.45) is 4.12. The standard InChI is InChI=1S/C7H14BrN/c8-4-1-7-2-5-9-6-3-7/h7,9H,1-6H2. The maximum absolute atomic E-state index is 3.46. The van der Waals surface area contributed by atoms with Crippen molar-refractivity contribution in [2.45, 2.75) is 19.3 Å². The molecule has 54 valence electrons. The molecule has 0 spiro atoms. The van der Waals surface area contributed by atoms with Crippen LogP contribution in [0.25, 0.3) is 0 Å². The minimum atomic E-state index is 0.991. The van der Waals surface area contributed by atoms with Gasteiger partial charge < -0.3 is 5.32 Å². The van der Waals surface area contributed by atoms with E-state index in [0.717, 1.165) is 5.92 Å². The summed E-state index contributed by atoms with van der Waals surface area (Å²) in [5.41, 5.74) is 0. The zero-order valence-electron chi connectivity index (χ0n) is 5.70. The number of halogens is 1. The zero-order chi connectivity index (χ0) is 6.53. The summed E-state index contributed by atoms with van der Waals surface area (Å²) >= 11 is 3.46. The van der Waals surface area contributed by atoms with E-state index in [2.05, 4.69) is 21.2 Å². The largest absolute Gasteiger partial charge is 0.317 e. The van der Waals surface area contributed by atoms with Crippen LogP contribution in [0.5, 0.6) is 0 Å². The van der Waals surface area contributed by atoms with Crippen LogP contribution < -0.4 is 5.32 Å². The van der Waals surface area contributed by atoms with Gasteiger partial charge in [-0.1, -0.05) is 15.9 Å². The molecule has 0 aliphatic carbocycles. The Kier molecular flexibility index (Phi) is 3.59. The molecule has 0 aromatic carbocycles. The molecule has 2 heteroatoms. The fraction of sp³-hybridized carbons (Fsp3) is 1.00. The summed E-state index contributed by atoms with van der Waals surface area (Å²) in [6.45, 7) is 2.47. The second-order valence-corrected chi connectivity index (χ2v) is 3.46. The molecule has 1 heterocycles. The number of piperidine rings is 1. The Bertz CT molecular complexity index is 66.6. The summed E-state index contributed by atoms with van der Waals surface area (Å²) in [5, 5.41) is 4.54. The van der Waals surface area contributed by atoms with E-state index in [1.165, 1.54) is 37.7 Å². The van der Waals surface area contributed by atoms with Crippen molar-refractivity contribution in [1.29, 1.82) is 0 Å². The molecule has 1 N–H and O–H groups in total. The van der Waals surface area contributed by atoms with Crippen LogP contribution in [0.2, 0.25) is 0 Å². The molecule has 1 fully saturated rings. The first kappa shape index (κ1) is 7.55. The molecule has 0 aromatic rings. The number of nitrogens with one attached hydrogen (secondary N) is 1. The average Bonchev–Trinajstić information content (AvgIpc) is 1.91. The highest BCUT2D eigenvalue weighted by Crippen LogP contribution is 2.16. The molecule has 9 heavy (non-hydrogen) atoms. The van der Waals surface area contributed by atoms with Gasteiger partial charge in [0, 0.05) is 5.33 Å². The molecule has 0 atom stereocenters. The van der Waals surface area contributed by atoms with Crippen LogP contribution in [0.1, 0.15) is 19.3 Å². The van der Waals surface area contributed by atoms with Crippen LogP contribution in [-0.4, -0.2) is 18.4 Å². The van der Waals surface area contributed by atoms with Gasteiger partial charge in [0.15, 0.2) is 0 Å². The molecule has 0 amide bonds. The first-order chi connectivity index (χ1) is 4.43. The third-order valence-electron chi connectivity index (χ3n) is 1.98. The molecule has 0 saturated carbocycles. The van der Waals surface area contributed by atoms with Gasteiger partial charge in [-0.05, 0) is 38.3 Å². The van der Waals surface area contributed by atoms with Gasteiger partial charge in [0.2, 0.25) is 0 Å². The fourth-order valence-electron chi connectivity index (χ4n) is 1.32. The van der Waals surface area contributed by atoms with Crippen LogP contribution in [0, 0.1) is 5.92 Å². The van der Waals surface area contributed by atoms with Gasteiger partial charge in [0.25, 0.3) is 0 Å². The van der Waals surface area contributed by atoms with E-state index in [0.29, 0.717) is 0 Å². The number of hydrogen-bond acceptors (Lipinski definition) is 1. The van der Waals surface area contributed by atoms with Crippen molar-refractivity contribution in [1.82, 2.24) is 5.32 Å². The highest BCUT2D eigenvalue weighted by atomic mass is 79.9. The van der Waals surface area contributed by atoms with Crippen molar-refractivity contribution in [3.05, 3.63) is 0 Å². The molecule has 1 saturated heterocycles. The molecule has 1 aliphatic rings. The lowest BCUT2D eigenvalue weighted by Gasteiger charge is -2.21. The number of alkyl halides is 1. The Morgan fingerprint density at radius 1 is 1.33 bits per heavy atom. The molecule has 1 aliphatic heterocycles. The molecule has 1 rings (SSSR count). The molecular formula is C7H14BrN. The Morgan fingerprint density at radius 3 is 2.56 bits per heavy atom. The van der Waals surface area contributed by atoms with E-state index in [9.17, 15) is 0 Å². The van der Waals surface area contributed by atoms with Gasteiger partial charge in [-0.2, -0.15) is 0 Å². The van der Waals surface area contributed by atoms with E-state index in [1.54, 1.807) is 0 Å². The van der Waals surface area contributed by atoms with Crippen LogP contribution in [-0.2, 0) is 0 Å². The van der Waals surface area contributed by atoms with Gasteiger partial charge in [-0.3, -0.25) is 0 Å². The van der Waals surface area contributed by atoms with Gasteiger partial charge in [-0.25, -0.2) is 0 Å². The maximum Gasteiger partial charge on any atom is 0.00339 e. The second-order valence-electron chi connectivity index (χ2n) is 2.67. The van der Waals surface area contributed by atoms with Gasteiger partial charge in [-0.15, -0.1) is 0 Å². The first-order valence-electron chi connectivity index (χ1n) is 3.70. The molecular weight excluding hydrogens is 178 g/mol. The van der Waals surface area contributed by atoms with Gasteiger partial charge in [0.05, 0.1) is 0 Å². The zero-order valence-corrected chi connectivity index (χ0v) is 7.28. The Labute approximate surface area is 65.3 Å². The lowest BCUT2D eigenvalue weighted by atomic mass is 9.96. The summed E-state index contributed by atoms with van der Waals surface area (Å²) in [6, 6.07) is 0. The highest BCUT2D eigenvalue weighted by molar-refractivity contribution is 9.09. The molecule has 0 unspecified atom stereocenters. The summed E-state index contributed by atoms with van der Waals surface area (Å²) in [7, 11) is 0. The monoisotopic (exact) mass is 191 g/mol. The van der Waals surface area contributed by atoms with Crippen molar-refractivity contribution in [3.63, 3.8) is 0 Å². The van der Waals surface area contributed by atoms with Crippen LogP contribution in [0.15, 0.2) is 0 Å². The topological polar surface area (TPSA) is 12.0 Å². The SMILES string of the molecule is BrCCC1CCNCC1. The Morgan fingerprint density at radius 2 is 2.00 bits per heavy atom. The van der Waals surface area contributed by atoms with E-state index >= 15 is 0 Å². The highest BCUT2D eigenvalue weighted by Gasteiger charge is 2.10. The van der Waals surface area contributed by atoms with Crippen molar-refractivity contribution in [2.24, 2.45) is 5.92 Å². The minimum absolute atomic E-state index is 0.991. The summed E-state index contributed by atoms with van der Waals surface area (Å²) < 4.78 is 0. The molecule has 0 radical (unpaired) electrons. The van der Waals surface area contributed by atoms with Crippen molar-refractivity contribution >= 4 is 15.9 Å². The Balaban J connectivity index is 2.08. The molecule has 0 aromatic heterocycles. The van der Waals surface area contributed by atoms with Gasteiger partial charge >= 0.3 is 0 Å². The number of hydrogen-bond donors (Lipinski definition) is 1. The smallest absolute Gasteiger partial charge is 0.00339 e. The molecule has 0 bridgehead atoms. The van der Waals surface area contributed by atoms with Gasteiger partial charge in [0.1, 0.15) is 0 Å². The van der Waals surface area contributed by atoms with Crippen molar-refractivity contribution < 1.29 is 0 Å². The summed E-state index contributed by atoms with van der Waals surface area (Å²) in [4.78, 5) is 0. The van der Waals surface area contributed by atoms with E-state index in [1.807, 2.05) is 0 Å². The first-order valence-corrected chi connectivity index (χ1v) is 4.82. The quantitative estimate of drug-likeness (QED) is 0.657. The van der Waals surface area contributed by atoms with Crippen LogP contribution in [0.4, 0.5) is 0 Å². The fourth-order valence-corrected chi connectivity index (χ4v) is 1.97. The lowest BCUT2D eigenvalue weighted by molar-refractivity contribution is 0.368.